The van der Waals surface area contributed by atoms with Crippen LogP contribution in [-0.4, -0.2) is 29.5 Å². The molecular weight excluding hydrogens is 275 g/mol. The van der Waals surface area contributed by atoms with Gasteiger partial charge in [0.15, 0.2) is 5.78 Å². The molecule has 0 aliphatic carbocycles. The molecule has 0 radical (unpaired) electrons. The van der Waals surface area contributed by atoms with Crippen molar-refractivity contribution < 1.29 is 13.9 Å². The van der Waals surface area contributed by atoms with Gasteiger partial charge >= 0.3 is 0 Å². The third-order valence-corrected chi connectivity index (χ3v) is 5.61. The molecule has 1 aromatic rings. The molecule has 0 saturated carbocycles. The van der Waals surface area contributed by atoms with E-state index in [9.17, 15) is 9.18 Å². The molecule has 1 aromatic carbocycles. The normalized spacial score (nSPS) is 29.8. The van der Waals surface area contributed by atoms with Crippen molar-refractivity contribution in [2.75, 3.05) is 18.1 Å². The number of carbonyl (C=O) groups excluding carboxylic acids is 1. The van der Waals surface area contributed by atoms with Gasteiger partial charge in [-0.3, -0.25) is 4.79 Å². The zero-order chi connectivity index (χ0) is 14.2. The Balaban J connectivity index is 1.81. The summed E-state index contributed by atoms with van der Waals surface area (Å²) in [5.74, 6) is 1.55. The Hall–Kier alpha value is -0.870. The van der Waals surface area contributed by atoms with E-state index >= 15 is 0 Å². The lowest BCUT2D eigenvalue weighted by Gasteiger charge is -2.37. The number of halogens is 1. The molecule has 2 aliphatic heterocycles. The van der Waals surface area contributed by atoms with E-state index in [1.807, 2.05) is 11.8 Å². The molecule has 20 heavy (non-hydrogen) atoms. The van der Waals surface area contributed by atoms with Crippen LogP contribution in [0.3, 0.4) is 0 Å². The second kappa shape index (κ2) is 5.49. The molecule has 0 N–H and O–H groups in total. The second-order valence-electron chi connectivity index (χ2n) is 5.82. The van der Waals surface area contributed by atoms with E-state index in [0.29, 0.717) is 18.6 Å². The van der Waals surface area contributed by atoms with Gasteiger partial charge in [-0.2, -0.15) is 11.8 Å². The fourth-order valence-corrected chi connectivity index (χ4v) is 4.55. The highest BCUT2D eigenvalue weighted by atomic mass is 32.2. The van der Waals surface area contributed by atoms with Crippen LogP contribution in [0, 0.1) is 18.7 Å². The summed E-state index contributed by atoms with van der Waals surface area (Å²) < 4.78 is 20.0. The Morgan fingerprint density at radius 1 is 1.50 bits per heavy atom. The molecule has 2 heterocycles. The van der Waals surface area contributed by atoms with Crippen LogP contribution in [0.2, 0.25) is 0 Å². The van der Waals surface area contributed by atoms with Crippen LogP contribution in [0.15, 0.2) is 18.2 Å². The maximum Gasteiger partial charge on any atom is 0.169 e. The van der Waals surface area contributed by atoms with E-state index in [2.05, 4.69) is 0 Å². The average molecular weight is 294 g/mol. The fourth-order valence-electron chi connectivity index (χ4n) is 3.17. The van der Waals surface area contributed by atoms with Gasteiger partial charge < -0.3 is 4.74 Å². The van der Waals surface area contributed by atoms with E-state index in [-0.39, 0.29) is 28.7 Å². The van der Waals surface area contributed by atoms with Gasteiger partial charge in [0, 0.05) is 18.3 Å². The number of carbonyl (C=O) groups is 1. The van der Waals surface area contributed by atoms with Crippen molar-refractivity contribution in [1.82, 2.24) is 0 Å². The zero-order valence-electron chi connectivity index (χ0n) is 11.7. The molecule has 3 rings (SSSR count). The number of aryl methyl sites for hydroxylation is 1. The van der Waals surface area contributed by atoms with Gasteiger partial charge in [-0.25, -0.2) is 4.39 Å². The zero-order valence-corrected chi connectivity index (χ0v) is 12.5. The molecule has 0 amide bonds. The van der Waals surface area contributed by atoms with Crippen molar-refractivity contribution in [3.05, 3.63) is 35.1 Å². The third kappa shape index (κ3) is 2.51. The van der Waals surface area contributed by atoms with Crippen LogP contribution in [0.4, 0.5) is 4.39 Å². The maximum absolute atomic E-state index is 14.1. The van der Waals surface area contributed by atoms with Gasteiger partial charge in [-0.05, 0) is 43.6 Å². The third-order valence-electron chi connectivity index (χ3n) is 4.39. The number of hydrogen-bond donors (Lipinski definition) is 0. The summed E-state index contributed by atoms with van der Waals surface area (Å²) >= 11 is 1.88. The lowest BCUT2D eigenvalue weighted by Crippen LogP contribution is -2.42. The summed E-state index contributed by atoms with van der Waals surface area (Å²) in [5, 5.41) is 0. The molecule has 2 nitrogen and oxygen atoms in total. The van der Waals surface area contributed by atoms with Crippen LogP contribution in [0.1, 0.15) is 35.2 Å². The number of Topliss-reactive ketones (excluding diaryl/α,β-unsaturated/α-hetero) is 1. The first kappa shape index (κ1) is 14.1. The van der Waals surface area contributed by atoms with Crippen molar-refractivity contribution in [3.8, 4) is 0 Å². The molecule has 0 bridgehead atoms. The largest absolute Gasteiger partial charge is 0.374 e. The quantitative estimate of drug-likeness (QED) is 0.779. The lowest BCUT2D eigenvalue weighted by molar-refractivity contribution is -0.0735. The highest BCUT2D eigenvalue weighted by molar-refractivity contribution is 7.99. The molecular formula is C16H19FO2S. The second-order valence-corrected chi connectivity index (χ2v) is 6.93. The first-order valence-electron chi connectivity index (χ1n) is 7.12. The number of rotatable bonds is 2. The van der Waals surface area contributed by atoms with E-state index < -0.39 is 0 Å². The molecule has 2 saturated heterocycles. The first-order chi connectivity index (χ1) is 9.61. The Kier molecular flexibility index (Phi) is 3.87. The minimum atomic E-state index is -0.362. The van der Waals surface area contributed by atoms with Gasteiger partial charge in [-0.1, -0.05) is 12.1 Å². The Morgan fingerprint density at radius 2 is 2.35 bits per heavy atom. The van der Waals surface area contributed by atoms with Crippen molar-refractivity contribution in [2.45, 2.75) is 31.8 Å². The molecule has 2 aliphatic rings. The fraction of sp³-hybridized carbons (Fsp3) is 0.562. The Bertz CT molecular complexity index is 523. The summed E-state index contributed by atoms with van der Waals surface area (Å²) in [6, 6.07) is 5.06. The highest BCUT2D eigenvalue weighted by Crippen LogP contribution is 2.41. The number of thioether (sulfide) groups is 1. The molecule has 2 atom stereocenters. The SMILES string of the molecule is Cc1cccc(C(=O)C2CCOC3(CCSC3)C2)c1F. The molecule has 4 heteroatoms. The van der Waals surface area contributed by atoms with Crippen LogP contribution in [-0.2, 0) is 4.74 Å². The molecule has 2 unspecified atom stereocenters. The first-order valence-corrected chi connectivity index (χ1v) is 8.28. The monoisotopic (exact) mass is 294 g/mol. The van der Waals surface area contributed by atoms with Crippen molar-refractivity contribution in [1.29, 1.82) is 0 Å². The van der Waals surface area contributed by atoms with Crippen LogP contribution in [0.5, 0.6) is 0 Å². The molecule has 1 spiro atoms. The van der Waals surface area contributed by atoms with Gasteiger partial charge in [0.05, 0.1) is 11.2 Å². The smallest absolute Gasteiger partial charge is 0.169 e. The van der Waals surface area contributed by atoms with Crippen molar-refractivity contribution >= 4 is 17.5 Å². The number of benzene rings is 1. The Morgan fingerprint density at radius 3 is 3.10 bits per heavy atom. The summed E-state index contributed by atoms with van der Waals surface area (Å²) in [7, 11) is 0. The predicted molar refractivity (Wildman–Crippen MR) is 78.8 cm³/mol. The van der Waals surface area contributed by atoms with E-state index in [1.54, 1.807) is 25.1 Å². The van der Waals surface area contributed by atoms with Crippen molar-refractivity contribution in [2.24, 2.45) is 5.92 Å². The topological polar surface area (TPSA) is 26.3 Å². The minimum absolute atomic E-state index is 0.0502. The van der Waals surface area contributed by atoms with Gasteiger partial charge in [0.2, 0.25) is 0 Å². The molecule has 0 aromatic heterocycles. The molecule has 2 fully saturated rings. The van der Waals surface area contributed by atoms with Gasteiger partial charge in [0.1, 0.15) is 5.82 Å². The number of hydrogen-bond acceptors (Lipinski definition) is 3. The summed E-state index contributed by atoms with van der Waals surface area (Å²) in [4.78, 5) is 12.6. The highest BCUT2D eigenvalue weighted by Gasteiger charge is 2.42. The van der Waals surface area contributed by atoms with Gasteiger partial charge in [-0.15, -0.1) is 0 Å². The average Bonchev–Trinajstić information content (AvgIpc) is 2.89. The summed E-state index contributed by atoms with van der Waals surface area (Å²) in [6.07, 6.45) is 2.46. The lowest BCUT2D eigenvalue weighted by atomic mass is 9.81. The maximum atomic E-state index is 14.1. The number of ether oxygens (including phenoxy) is 1. The van der Waals surface area contributed by atoms with Gasteiger partial charge in [0.25, 0.3) is 0 Å². The van der Waals surface area contributed by atoms with Crippen LogP contribution < -0.4 is 0 Å². The standard InChI is InChI=1S/C16H19FO2S/c1-11-3-2-4-13(14(11)17)15(18)12-5-7-19-16(9-12)6-8-20-10-16/h2-4,12H,5-10H2,1H3. The minimum Gasteiger partial charge on any atom is -0.374 e. The molecule has 108 valence electrons. The Labute approximate surface area is 123 Å². The van der Waals surface area contributed by atoms with E-state index in [0.717, 1.165) is 24.3 Å². The van der Waals surface area contributed by atoms with E-state index in [1.165, 1.54) is 0 Å². The van der Waals surface area contributed by atoms with Crippen molar-refractivity contribution in [3.63, 3.8) is 0 Å². The van der Waals surface area contributed by atoms with E-state index in [4.69, 9.17) is 4.74 Å². The number of ketones is 1. The summed E-state index contributed by atoms with van der Waals surface area (Å²) in [6.45, 7) is 2.32. The van der Waals surface area contributed by atoms with Crippen LogP contribution in [0.25, 0.3) is 0 Å². The van der Waals surface area contributed by atoms with Crippen LogP contribution >= 0.6 is 11.8 Å². The summed E-state index contributed by atoms with van der Waals surface area (Å²) in [5.41, 5.74) is 0.649. The predicted octanol–water partition coefficient (Wildman–Crippen LogP) is 3.62.